The van der Waals surface area contributed by atoms with Crippen LogP contribution in [0, 0.1) is 5.92 Å². The van der Waals surface area contributed by atoms with Crippen molar-refractivity contribution in [3.8, 4) is 11.3 Å². The summed E-state index contributed by atoms with van der Waals surface area (Å²) in [7, 11) is 0. The first-order valence-electron chi connectivity index (χ1n) is 7.88. The third-order valence-electron chi connectivity index (χ3n) is 4.13. The molecule has 6 heteroatoms. The minimum atomic E-state index is -0.211. The molecular weight excluding hydrogens is 306 g/mol. The van der Waals surface area contributed by atoms with Crippen LogP contribution in [0.15, 0.2) is 53.9 Å². The maximum Gasteiger partial charge on any atom is 0.245 e. The van der Waals surface area contributed by atoms with Crippen LogP contribution in [0.25, 0.3) is 11.3 Å². The molecule has 2 amide bonds. The summed E-state index contributed by atoms with van der Waals surface area (Å²) < 4.78 is 5.27. The minimum Gasteiger partial charge on any atom is -0.444 e. The Morgan fingerprint density at radius 1 is 1.42 bits per heavy atom. The molecule has 1 aliphatic heterocycles. The number of anilines is 1. The first kappa shape index (κ1) is 16.0. The predicted molar refractivity (Wildman–Crippen MR) is 90.1 cm³/mol. The highest BCUT2D eigenvalue weighted by molar-refractivity contribution is 5.94. The fourth-order valence-corrected chi connectivity index (χ4v) is 2.87. The van der Waals surface area contributed by atoms with Crippen molar-refractivity contribution < 1.29 is 14.0 Å². The average molecular weight is 325 g/mol. The van der Waals surface area contributed by atoms with Gasteiger partial charge in [0.1, 0.15) is 0 Å². The van der Waals surface area contributed by atoms with Crippen molar-refractivity contribution in [1.82, 2.24) is 9.88 Å². The van der Waals surface area contributed by atoms with E-state index in [2.05, 4.69) is 16.9 Å². The van der Waals surface area contributed by atoms with Gasteiger partial charge in [0.25, 0.3) is 0 Å². The summed E-state index contributed by atoms with van der Waals surface area (Å²) in [5.41, 5.74) is 1.54. The summed E-state index contributed by atoms with van der Waals surface area (Å²) >= 11 is 0. The average Bonchev–Trinajstić information content (AvgIpc) is 3.16. The SMILES string of the molecule is C=CC(=O)N1CCC[C@@H](C(=O)Nc2cccc(-c3cnco3)c2)C1. The second-order valence-electron chi connectivity index (χ2n) is 5.76. The van der Waals surface area contributed by atoms with E-state index in [1.165, 1.54) is 12.5 Å². The topological polar surface area (TPSA) is 75.4 Å². The van der Waals surface area contributed by atoms with E-state index >= 15 is 0 Å². The standard InChI is InChI=1S/C18H19N3O3/c1-2-17(22)21-8-4-6-14(11-21)18(23)20-15-7-3-5-13(9-15)16-10-19-12-24-16/h2-3,5,7,9-10,12,14H,1,4,6,8,11H2,(H,20,23)/t14-/m1/s1. The highest BCUT2D eigenvalue weighted by Gasteiger charge is 2.27. The van der Waals surface area contributed by atoms with Crippen LogP contribution in [0.4, 0.5) is 5.69 Å². The van der Waals surface area contributed by atoms with Crippen LogP contribution in [-0.4, -0.2) is 34.8 Å². The van der Waals surface area contributed by atoms with Crippen LogP contribution in [0.1, 0.15) is 12.8 Å². The molecule has 3 rings (SSSR count). The van der Waals surface area contributed by atoms with Crippen molar-refractivity contribution in [1.29, 1.82) is 0 Å². The number of hydrogen-bond acceptors (Lipinski definition) is 4. The highest BCUT2D eigenvalue weighted by Crippen LogP contribution is 2.24. The zero-order valence-electron chi connectivity index (χ0n) is 13.3. The zero-order chi connectivity index (χ0) is 16.9. The maximum absolute atomic E-state index is 12.5. The van der Waals surface area contributed by atoms with Crippen LogP contribution >= 0.6 is 0 Å². The van der Waals surface area contributed by atoms with Gasteiger partial charge in [-0.05, 0) is 31.1 Å². The number of nitrogens with one attached hydrogen (secondary N) is 1. The number of hydrogen-bond donors (Lipinski definition) is 1. The Kier molecular flexibility index (Phi) is 4.74. The Hall–Kier alpha value is -2.89. The van der Waals surface area contributed by atoms with E-state index in [0.717, 1.165) is 18.4 Å². The molecule has 0 spiro atoms. The van der Waals surface area contributed by atoms with E-state index in [1.54, 1.807) is 11.1 Å². The summed E-state index contributed by atoms with van der Waals surface area (Å²) in [6.07, 6.45) is 5.88. The number of piperidine rings is 1. The lowest BCUT2D eigenvalue weighted by Crippen LogP contribution is -2.43. The van der Waals surface area contributed by atoms with E-state index in [0.29, 0.717) is 24.5 Å². The van der Waals surface area contributed by atoms with Crippen LogP contribution in [0.2, 0.25) is 0 Å². The van der Waals surface area contributed by atoms with E-state index < -0.39 is 0 Å². The van der Waals surface area contributed by atoms with Gasteiger partial charge in [-0.15, -0.1) is 0 Å². The Balaban J connectivity index is 1.67. The Labute approximate surface area is 140 Å². The molecule has 1 aromatic heterocycles. The quantitative estimate of drug-likeness (QED) is 0.877. The molecule has 6 nitrogen and oxygen atoms in total. The van der Waals surface area contributed by atoms with Gasteiger partial charge in [-0.25, -0.2) is 4.98 Å². The summed E-state index contributed by atoms with van der Waals surface area (Å²) in [5, 5.41) is 2.93. The fourth-order valence-electron chi connectivity index (χ4n) is 2.87. The molecule has 1 atom stereocenters. The van der Waals surface area contributed by atoms with Crippen molar-refractivity contribution in [2.45, 2.75) is 12.8 Å². The molecule has 1 saturated heterocycles. The summed E-state index contributed by atoms with van der Waals surface area (Å²) in [4.78, 5) is 29.8. The first-order valence-corrected chi connectivity index (χ1v) is 7.88. The molecule has 1 fully saturated rings. The number of nitrogens with zero attached hydrogens (tertiary/aromatic N) is 2. The number of carbonyl (C=O) groups excluding carboxylic acids is 2. The van der Waals surface area contributed by atoms with Crippen LogP contribution in [0.5, 0.6) is 0 Å². The Bertz CT molecular complexity index is 740. The molecule has 0 unspecified atom stereocenters. The summed E-state index contributed by atoms with van der Waals surface area (Å²) in [6.45, 7) is 4.61. The lowest BCUT2D eigenvalue weighted by molar-refractivity contribution is -0.130. The van der Waals surface area contributed by atoms with Gasteiger partial charge in [0.05, 0.1) is 12.1 Å². The molecule has 124 valence electrons. The van der Waals surface area contributed by atoms with Crippen molar-refractivity contribution in [3.63, 3.8) is 0 Å². The molecular formula is C18H19N3O3. The minimum absolute atomic E-state index is 0.0775. The van der Waals surface area contributed by atoms with Crippen LogP contribution < -0.4 is 5.32 Å². The van der Waals surface area contributed by atoms with Crippen molar-refractivity contribution in [2.75, 3.05) is 18.4 Å². The molecule has 0 saturated carbocycles. The van der Waals surface area contributed by atoms with Gasteiger partial charge < -0.3 is 14.6 Å². The first-order chi connectivity index (χ1) is 11.7. The van der Waals surface area contributed by atoms with Crippen LogP contribution in [0.3, 0.4) is 0 Å². The molecule has 0 radical (unpaired) electrons. The van der Waals surface area contributed by atoms with E-state index in [1.807, 2.05) is 24.3 Å². The number of benzene rings is 1. The molecule has 0 aliphatic carbocycles. The monoisotopic (exact) mass is 325 g/mol. The lowest BCUT2D eigenvalue weighted by Gasteiger charge is -2.31. The number of carbonyl (C=O) groups is 2. The van der Waals surface area contributed by atoms with Crippen molar-refractivity contribution in [2.24, 2.45) is 5.92 Å². The predicted octanol–water partition coefficient (Wildman–Crippen LogP) is 2.70. The zero-order valence-corrected chi connectivity index (χ0v) is 13.3. The maximum atomic E-state index is 12.5. The van der Waals surface area contributed by atoms with Crippen molar-refractivity contribution in [3.05, 3.63) is 49.5 Å². The molecule has 1 N–H and O–H groups in total. The van der Waals surface area contributed by atoms with Gasteiger partial charge in [0.15, 0.2) is 12.2 Å². The second-order valence-corrected chi connectivity index (χ2v) is 5.76. The van der Waals surface area contributed by atoms with Crippen molar-refractivity contribution >= 4 is 17.5 Å². The molecule has 24 heavy (non-hydrogen) atoms. The van der Waals surface area contributed by atoms with Gasteiger partial charge in [0.2, 0.25) is 11.8 Å². The van der Waals surface area contributed by atoms with Gasteiger partial charge in [-0.3, -0.25) is 9.59 Å². The van der Waals surface area contributed by atoms with E-state index in [4.69, 9.17) is 4.42 Å². The highest BCUT2D eigenvalue weighted by atomic mass is 16.3. The molecule has 0 bridgehead atoms. The third-order valence-corrected chi connectivity index (χ3v) is 4.13. The van der Waals surface area contributed by atoms with Crippen LogP contribution in [-0.2, 0) is 9.59 Å². The summed E-state index contributed by atoms with van der Waals surface area (Å²) in [5.74, 6) is 0.231. The Morgan fingerprint density at radius 3 is 3.04 bits per heavy atom. The number of likely N-dealkylation sites (tertiary alicyclic amines) is 1. The third kappa shape index (κ3) is 3.53. The number of amides is 2. The Morgan fingerprint density at radius 2 is 2.29 bits per heavy atom. The van der Waals surface area contributed by atoms with Gasteiger partial charge in [0, 0.05) is 24.3 Å². The molecule has 2 heterocycles. The molecule has 1 aromatic carbocycles. The smallest absolute Gasteiger partial charge is 0.245 e. The number of aromatic nitrogens is 1. The van der Waals surface area contributed by atoms with E-state index in [-0.39, 0.29) is 17.7 Å². The van der Waals surface area contributed by atoms with Gasteiger partial charge >= 0.3 is 0 Å². The fraction of sp³-hybridized carbons (Fsp3) is 0.278. The number of rotatable bonds is 4. The molecule has 2 aromatic rings. The lowest BCUT2D eigenvalue weighted by atomic mass is 9.97. The largest absolute Gasteiger partial charge is 0.444 e. The number of oxazole rings is 1. The second kappa shape index (κ2) is 7.12. The normalized spacial score (nSPS) is 17.3. The van der Waals surface area contributed by atoms with E-state index in [9.17, 15) is 9.59 Å². The van der Waals surface area contributed by atoms with Gasteiger partial charge in [-0.1, -0.05) is 18.7 Å². The molecule has 1 aliphatic rings. The summed E-state index contributed by atoms with van der Waals surface area (Å²) in [6, 6.07) is 7.41. The van der Waals surface area contributed by atoms with Gasteiger partial charge in [-0.2, -0.15) is 0 Å².